The number of aromatic nitrogens is 2. The van der Waals surface area contributed by atoms with Crippen molar-refractivity contribution in [3.05, 3.63) is 65.4 Å². The molecule has 1 aromatic carbocycles. The Kier molecular flexibility index (Phi) is 4.44. The molecule has 0 saturated carbocycles. The molecule has 3 aromatic rings. The molecule has 2 heterocycles. The molecule has 1 amide bonds. The summed E-state index contributed by atoms with van der Waals surface area (Å²) >= 11 is 1.45. The number of hydrogen-bond donors (Lipinski definition) is 1. The molecule has 0 radical (unpaired) electrons. The highest BCUT2D eigenvalue weighted by atomic mass is 32.1. The van der Waals surface area contributed by atoms with Crippen molar-refractivity contribution < 1.29 is 4.79 Å². The number of para-hydroxylation sites is 1. The second-order valence-corrected chi connectivity index (χ2v) is 7.38. The van der Waals surface area contributed by atoms with E-state index in [9.17, 15) is 4.79 Å². The fourth-order valence-corrected chi connectivity index (χ4v) is 3.24. The average molecular weight is 337 g/mol. The summed E-state index contributed by atoms with van der Waals surface area (Å²) in [5.74, 6) is -0.191. The first-order valence-electron chi connectivity index (χ1n) is 7.72. The van der Waals surface area contributed by atoms with Crippen molar-refractivity contribution in [1.82, 2.24) is 9.97 Å². The van der Waals surface area contributed by atoms with Gasteiger partial charge in [-0.3, -0.25) is 9.78 Å². The van der Waals surface area contributed by atoms with Gasteiger partial charge >= 0.3 is 0 Å². The van der Waals surface area contributed by atoms with Gasteiger partial charge in [0, 0.05) is 29.0 Å². The molecule has 0 bridgehead atoms. The molecule has 0 fully saturated rings. The minimum atomic E-state index is -0.191. The Labute approximate surface area is 145 Å². The van der Waals surface area contributed by atoms with E-state index >= 15 is 0 Å². The van der Waals surface area contributed by atoms with Crippen LogP contribution in [0.1, 0.15) is 36.8 Å². The zero-order valence-corrected chi connectivity index (χ0v) is 14.7. The highest BCUT2D eigenvalue weighted by Crippen LogP contribution is 2.30. The number of hydrogen-bond acceptors (Lipinski definition) is 4. The maximum absolute atomic E-state index is 12.6. The molecule has 5 heteroatoms. The fraction of sp³-hybridized carbons (Fsp3) is 0.211. The van der Waals surface area contributed by atoms with Crippen LogP contribution in [-0.2, 0) is 5.41 Å². The van der Waals surface area contributed by atoms with Crippen LogP contribution < -0.4 is 5.32 Å². The van der Waals surface area contributed by atoms with E-state index in [0.717, 1.165) is 21.8 Å². The van der Waals surface area contributed by atoms with Crippen LogP contribution in [0.25, 0.3) is 10.6 Å². The number of pyridine rings is 1. The highest BCUT2D eigenvalue weighted by molar-refractivity contribution is 7.13. The number of thiazole rings is 1. The van der Waals surface area contributed by atoms with Crippen LogP contribution in [-0.4, -0.2) is 15.9 Å². The van der Waals surface area contributed by atoms with Gasteiger partial charge in [-0.15, -0.1) is 11.3 Å². The molecular formula is C19H19N3OS. The minimum absolute atomic E-state index is 0.0475. The van der Waals surface area contributed by atoms with Crippen molar-refractivity contribution in [2.45, 2.75) is 26.2 Å². The van der Waals surface area contributed by atoms with Crippen molar-refractivity contribution in [2.75, 3.05) is 5.32 Å². The van der Waals surface area contributed by atoms with Crippen molar-refractivity contribution in [3.8, 4) is 10.6 Å². The van der Waals surface area contributed by atoms with Gasteiger partial charge in [0.1, 0.15) is 10.7 Å². The minimum Gasteiger partial charge on any atom is -0.320 e. The molecule has 0 unspecified atom stereocenters. The maximum atomic E-state index is 12.6. The zero-order valence-electron chi connectivity index (χ0n) is 13.9. The van der Waals surface area contributed by atoms with Crippen LogP contribution in [0.4, 0.5) is 5.69 Å². The maximum Gasteiger partial charge on any atom is 0.275 e. The van der Waals surface area contributed by atoms with E-state index in [0.29, 0.717) is 5.69 Å². The van der Waals surface area contributed by atoms with Crippen molar-refractivity contribution in [3.63, 3.8) is 0 Å². The first-order valence-corrected chi connectivity index (χ1v) is 8.60. The number of anilines is 1. The number of benzene rings is 1. The van der Waals surface area contributed by atoms with Gasteiger partial charge < -0.3 is 5.32 Å². The van der Waals surface area contributed by atoms with E-state index in [1.165, 1.54) is 11.3 Å². The number of carbonyl (C=O) groups is 1. The molecule has 122 valence electrons. The summed E-state index contributed by atoms with van der Waals surface area (Å²) in [5, 5.41) is 5.59. The van der Waals surface area contributed by atoms with Gasteiger partial charge in [0.25, 0.3) is 5.91 Å². The number of nitrogens with zero attached hydrogens (tertiary/aromatic N) is 2. The van der Waals surface area contributed by atoms with Gasteiger partial charge in [0.15, 0.2) is 0 Å². The summed E-state index contributed by atoms with van der Waals surface area (Å²) in [6.07, 6.45) is 3.44. The van der Waals surface area contributed by atoms with Crippen LogP contribution in [0.5, 0.6) is 0 Å². The first kappa shape index (κ1) is 16.3. The summed E-state index contributed by atoms with van der Waals surface area (Å²) in [6, 6.07) is 11.6. The lowest BCUT2D eigenvalue weighted by atomic mass is 9.86. The average Bonchev–Trinajstić information content (AvgIpc) is 3.05. The molecule has 0 aliphatic carbocycles. The van der Waals surface area contributed by atoms with Gasteiger partial charge in [0.05, 0.1) is 0 Å². The predicted molar refractivity (Wildman–Crippen MR) is 98.4 cm³/mol. The van der Waals surface area contributed by atoms with Gasteiger partial charge in [0.2, 0.25) is 0 Å². The number of amides is 1. The standard InChI is InChI=1S/C19H19N3OS/c1-19(2,3)14-6-4-5-7-15(14)21-17(23)16-12-24-18(22-16)13-8-10-20-11-9-13/h4-12H,1-3H3,(H,21,23). The summed E-state index contributed by atoms with van der Waals surface area (Å²) in [5.41, 5.74) is 3.27. The van der Waals surface area contributed by atoms with Gasteiger partial charge in [-0.05, 0) is 29.2 Å². The molecule has 0 atom stereocenters. The topological polar surface area (TPSA) is 54.9 Å². The van der Waals surface area contributed by atoms with E-state index in [1.54, 1.807) is 17.8 Å². The van der Waals surface area contributed by atoms with E-state index in [2.05, 4.69) is 36.1 Å². The van der Waals surface area contributed by atoms with Gasteiger partial charge in [-0.25, -0.2) is 4.98 Å². The Bertz CT molecular complexity index is 850. The first-order chi connectivity index (χ1) is 11.4. The zero-order chi connectivity index (χ0) is 17.2. The summed E-state index contributed by atoms with van der Waals surface area (Å²) in [7, 11) is 0. The monoisotopic (exact) mass is 337 g/mol. The van der Waals surface area contributed by atoms with Crippen LogP contribution in [0.15, 0.2) is 54.2 Å². The molecule has 1 N–H and O–H groups in total. The number of rotatable bonds is 3. The molecule has 0 aliphatic heterocycles. The Morgan fingerprint density at radius 3 is 2.50 bits per heavy atom. The second kappa shape index (κ2) is 6.53. The smallest absolute Gasteiger partial charge is 0.275 e. The third-order valence-corrected chi connectivity index (χ3v) is 4.54. The van der Waals surface area contributed by atoms with E-state index in [1.807, 2.05) is 36.4 Å². The van der Waals surface area contributed by atoms with Crippen molar-refractivity contribution >= 4 is 22.9 Å². The number of nitrogens with one attached hydrogen (secondary N) is 1. The molecule has 24 heavy (non-hydrogen) atoms. The number of carbonyl (C=O) groups excluding carboxylic acids is 1. The summed E-state index contributed by atoms with van der Waals surface area (Å²) in [6.45, 7) is 6.38. The lowest BCUT2D eigenvalue weighted by Gasteiger charge is -2.22. The van der Waals surface area contributed by atoms with Crippen LogP contribution >= 0.6 is 11.3 Å². The summed E-state index contributed by atoms with van der Waals surface area (Å²) < 4.78 is 0. The highest BCUT2D eigenvalue weighted by Gasteiger charge is 2.20. The molecule has 0 saturated heterocycles. The van der Waals surface area contributed by atoms with Crippen molar-refractivity contribution in [2.24, 2.45) is 0 Å². The molecular weight excluding hydrogens is 318 g/mol. The SMILES string of the molecule is CC(C)(C)c1ccccc1NC(=O)c1csc(-c2ccncc2)n1. The Morgan fingerprint density at radius 2 is 1.79 bits per heavy atom. The quantitative estimate of drug-likeness (QED) is 0.750. The Hall–Kier alpha value is -2.53. The summed E-state index contributed by atoms with van der Waals surface area (Å²) in [4.78, 5) is 21.0. The lowest BCUT2D eigenvalue weighted by Crippen LogP contribution is -2.18. The Balaban J connectivity index is 1.83. The molecule has 3 rings (SSSR count). The van der Waals surface area contributed by atoms with Crippen LogP contribution in [0.3, 0.4) is 0 Å². The van der Waals surface area contributed by atoms with Crippen molar-refractivity contribution in [1.29, 1.82) is 0 Å². The predicted octanol–water partition coefficient (Wildman–Crippen LogP) is 4.75. The normalized spacial score (nSPS) is 11.3. The third-order valence-electron chi connectivity index (χ3n) is 3.65. The largest absolute Gasteiger partial charge is 0.320 e. The van der Waals surface area contributed by atoms with E-state index < -0.39 is 0 Å². The van der Waals surface area contributed by atoms with Gasteiger partial charge in [-0.1, -0.05) is 39.0 Å². The molecule has 2 aromatic heterocycles. The molecule has 0 aliphatic rings. The molecule has 4 nitrogen and oxygen atoms in total. The fourth-order valence-electron chi connectivity index (χ4n) is 2.44. The van der Waals surface area contributed by atoms with Crippen LogP contribution in [0, 0.1) is 0 Å². The Morgan fingerprint density at radius 1 is 1.08 bits per heavy atom. The van der Waals surface area contributed by atoms with Gasteiger partial charge in [-0.2, -0.15) is 0 Å². The lowest BCUT2D eigenvalue weighted by molar-refractivity contribution is 0.102. The molecule has 0 spiro atoms. The third kappa shape index (κ3) is 3.51. The van der Waals surface area contributed by atoms with Crippen LogP contribution in [0.2, 0.25) is 0 Å². The second-order valence-electron chi connectivity index (χ2n) is 6.52. The van der Waals surface area contributed by atoms with E-state index in [-0.39, 0.29) is 11.3 Å². The van der Waals surface area contributed by atoms with E-state index in [4.69, 9.17) is 0 Å².